The summed E-state index contributed by atoms with van der Waals surface area (Å²) in [6.45, 7) is 2.35. The number of hydrogen-bond donors (Lipinski definition) is 2. The summed E-state index contributed by atoms with van der Waals surface area (Å²) in [4.78, 5) is 27.5. The predicted molar refractivity (Wildman–Crippen MR) is 126 cm³/mol. The van der Waals surface area contributed by atoms with Crippen LogP contribution in [0.2, 0.25) is 0 Å². The van der Waals surface area contributed by atoms with Gasteiger partial charge in [-0.15, -0.1) is 0 Å². The highest BCUT2D eigenvalue weighted by molar-refractivity contribution is 9.10. The lowest BCUT2D eigenvalue weighted by molar-refractivity contribution is 0.102. The molecule has 8 heteroatoms. The molecule has 0 bridgehead atoms. The van der Waals surface area contributed by atoms with Crippen LogP contribution in [0.4, 0.5) is 21.5 Å². The van der Waals surface area contributed by atoms with E-state index in [9.17, 15) is 14.0 Å². The lowest BCUT2D eigenvalue weighted by Gasteiger charge is -2.29. The number of halogens is 2. The van der Waals surface area contributed by atoms with Crippen molar-refractivity contribution in [1.29, 1.82) is 0 Å². The highest BCUT2D eigenvalue weighted by Gasteiger charge is 2.18. The van der Waals surface area contributed by atoms with Crippen molar-refractivity contribution in [3.05, 3.63) is 88.1 Å². The maximum Gasteiger partial charge on any atom is 0.257 e. The van der Waals surface area contributed by atoms with Crippen LogP contribution in [0.1, 0.15) is 20.7 Å². The van der Waals surface area contributed by atoms with Crippen molar-refractivity contribution in [2.24, 2.45) is 0 Å². The molecule has 164 valence electrons. The van der Waals surface area contributed by atoms with Gasteiger partial charge in [-0.2, -0.15) is 0 Å². The molecule has 2 amide bonds. The number of hydrogen-bond acceptors (Lipinski definition) is 4. The first-order valence-electron chi connectivity index (χ1n) is 10.1. The summed E-state index contributed by atoms with van der Waals surface area (Å²) in [7, 11) is 0. The summed E-state index contributed by atoms with van der Waals surface area (Å²) in [6.07, 6.45) is 0. The Morgan fingerprint density at radius 1 is 0.875 bits per heavy atom. The minimum Gasteiger partial charge on any atom is -0.378 e. The van der Waals surface area contributed by atoms with E-state index < -0.39 is 11.7 Å². The maximum atomic E-state index is 14.7. The van der Waals surface area contributed by atoms with E-state index in [1.165, 1.54) is 6.07 Å². The number of rotatable bonds is 5. The SMILES string of the molecule is O=C(Nc1ccccc1C(=O)Nc1ccc(N2CCOCC2)c(F)c1)c1ccccc1Br. The van der Waals surface area contributed by atoms with Gasteiger partial charge in [0.05, 0.1) is 35.7 Å². The molecule has 32 heavy (non-hydrogen) atoms. The summed E-state index contributed by atoms with van der Waals surface area (Å²) >= 11 is 3.36. The van der Waals surface area contributed by atoms with E-state index in [0.29, 0.717) is 53.4 Å². The molecular formula is C24H21BrFN3O3. The number of para-hydroxylation sites is 1. The second kappa shape index (κ2) is 9.93. The molecule has 1 heterocycles. The molecule has 0 unspecified atom stereocenters. The summed E-state index contributed by atoms with van der Waals surface area (Å²) < 4.78 is 20.6. The van der Waals surface area contributed by atoms with Gasteiger partial charge in [-0.3, -0.25) is 9.59 Å². The van der Waals surface area contributed by atoms with Crippen molar-refractivity contribution in [1.82, 2.24) is 0 Å². The van der Waals surface area contributed by atoms with Gasteiger partial charge in [0.1, 0.15) is 5.82 Å². The Balaban J connectivity index is 1.50. The number of ether oxygens (including phenoxy) is 1. The lowest BCUT2D eigenvalue weighted by Crippen LogP contribution is -2.36. The van der Waals surface area contributed by atoms with E-state index in [2.05, 4.69) is 26.6 Å². The molecule has 0 aliphatic carbocycles. The van der Waals surface area contributed by atoms with Crippen LogP contribution in [-0.4, -0.2) is 38.1 Å². The Bertz CT molecular complexity index is 1150. The number of amides is 2. The Kier molecular flexibility index (Phi) is 6.82. The Morgan fingerprint density at radius 2 is 1.53 bits per heavy atom. The highest BCUT2D eigenvalue weighted by Crippen LogP contribution is 2.25. The number of carbonyl (C=O) groups excluding carboxylic acids is 2. The molecule has 4 rings (SSSR count). The average Bonchev–Trinajstić information content (AvgIpc) is 2.80. The molecule has 3 aromatic carbocycles. The second-order valence-corrected chi connectivity index (χ2v) is 8.05. The second-order valence-electron chi connectivity index (χ2n) is 7.20. The largest absolute Gasteiger partial charge is 0.378 e. The molecule has 6 nitrogen and oxygen atoms in total. The van der Waals surface area contributed by atoms with Crippen molar-refractivity contribution in [2.75, 3.05) is 41.8 Å². The molecule has 0 atom stereocenters. The fraction of sp³-hybridized carbons (Fsp3) is 0.167. The molecule has 3 aromatic rings. The fourth-order valence-electron chi connectivity index (χ4n) is 3.47. The van der Waals surface area contributed by atoms with Crippen molar-refractivity contribution in [2.45, 2.75) is 0 Å². The zero-order valence-corrected chi connectivity index (χ0v) is 18.7. The number of nitrogens with one attached hydrogen (secondary N) is 2. The van der Waals surface area contributed by atoms with Gasteiger partial charge in [0.2, 0.25) is 0 Å². The summed E-state index contributed by atoms with van der Waals surface area (Å²) in [5.74, 6) is -1.22. The van der Waals surface area contributed by atoms with Gasteiger partial charge in [-0.05, 0) is 58.4 Å². The minimum atomic E-state index is -0.452. The standard InChI is InChI=1S/C24H21BrFN3O3/c25-19-7-3-1-5-17(19)23(30)28-21-8-4-2-6-18(21)24(31)27-16-9-10-22(20(26)15-16)29-11-13-32-14-12-29/h1-10,15H,11-14H2,(H,27,31)(H,28,30). The highest BCUT2D eigenvalue weighted by atomic mass is 79.9. The number of morpholine rings is 1. The summed E-state index contributed by atoms with van der Waals surface area (Å²) in [5.41, 5.74) is 1.88. The molecule has 0 aromatic heterocycles. The van der Waals surface area contributed by atoms with Gasteiger partial charge in [0.25, 0.3) is 11.8 Å². The van der Waals surface area contributed by atoms with Crippen LogP contribution in [0.5, 0.6) is 0 Å². The molecule has 1 aliphatic heterocycles. The van der Waals surface area contributed by atoms with Crippen LogP contribution < -0.4 is 15.5 Å². The topological polar surface area (TPSA) is 70.7 Å². The fourth-order valence-corrected chi connectivity index (χ4v) is 3.93. The van der Waals surface area contributed by atoms with Crippen molar-refractivity contribution >= 4 is 44.8 Å². The van der Waals surface area contributed by atoms with E-state index >= 15 is 0 Å². The third-order valence-corrected chi connectivity index (χ3v) is 5.79. The lowest BCUT2D eigenvalue weighted by atomic mass is 10.1. The van der Waals surface area contributed by atoms with Crippen LogP contribution in [0.15, 0.2) is 71.2 Å². The van der Waals surface area contributed by atoms with E-state index in [0.717, 1.165) is 0 Å². The van der Waals surface area contributed by atoms with E-state index in [4.69, 9.17) is 4.74 Å². The Hall–Kier alpha value is -3.23. The third kappa shape index (κ3) is 4.98. The summed E-state index contributed by atoms with van der Waals surface area (Å²) in [5, 5.41) is 5.49. The summed E-state index contributed by atoms with van der Waals surface area (Å²) in [6, 6.07) is 18.3. The zero-order chi connectivity index (χ0) is 22.5. The molecule has 1 aliphatic rings. The first kappa shape index (κ1) is 22.0. The van der Waals surface area contributed by atoms with Crippen molar-refractivity contribution < 1.29 is 18.7 Å². The van der Waals surface area contributed by atoms with Crippen LogP contribution in [-0.2, 0) is 4.74 Å². The minimum absolute atomic E-state index is 0.269. The zero-order valence-electron chi connectivity index (χ0n) is 17.1. The van der Waals surface area contributed by atoms with Crippen LogP contribution in [0.3, 0.4) is 0 Å². The molecule has 0 saturated carbocycles. The number of anilines is 3. The number of benzene rings is 3. The quantitative estimate of drug-likeness (QED) is 0.524. The van der Waals surface area contributed by atoms with Gasteiger partial charge in [0.15, 0.2) is 0 Å². The molecule has 1 saturated heterocycles. The molecule has 2 N–H and O–H groups in total. The molecule has 0 radical (unpaired) electrons. The van der Waals surface area contributed by atoms with Crippen molar-refractivity contribution in [3.63, 3.8) is 0 Å². The van der Waals surface area contributed by atoms with E-state index in [1.807, 2.05) is 11.0 Å². The van der Waals surface area contributed by atoms with Crippen LogP contribution in [0.25, 0.3) is 0 Å². The van der Waals surface area contributed by atoms with E-state index in [1.54, 1.807) is 54.6 Å². The van der Waals surface area contributed by atoms with Gasteiger partial charge >= 0.3 is 0 Å². The Morgan fingerprint density at radius 3 is 2.25 bits per heavy atom. The third-order valence-electron chi connectivity index (χ3n) is 5.10. The van der Waals surface area contributed by atoms with E-state index in [-0.39, 0.29) is 11.5 Å². The maximum absolute atomic E-state index is 14.7. The van der Waals surface area contributed by atoms with Gasteiger partial charge in [-0.25, -0.2) is 4.39 Å². The first-order chi connectivity index (χ1) is 15.5. The molecule has 0 spiro atoms. The Labute approximate surface area is 193 Å². The molecule has 1 fully saturated rings. The predicted octanol–water partition coefficient (Wildman–Crippen LogP) is 4.93. The van der Waals surface area contributed by atoms with Crippen LogP contribution >= 0.6 is 15.9 Å². The van der Waals surface area contributed by atoms with Gasteiger partial charge in [0, 0.05) is 23.2 Å². The monoisotopic (exact) mass is 497 g/mol. The normalized spacial score (nSPS) is 13.5. The van der Waals surface area contributed by atoms with Crippen molar-refractivity contribution in [3.8, 4) is 0 Å². The van der Waals surface area contributed by atoms with Gasteiger partial charge < -0.3 is 20.3 Å². The average molecular weight is 498 g/mol. The first-order valence-corrected chi connectivity index (χ1v) is 10.9. The van der Waals surface area contributed by atoms with Crippen LogP contribution in [0, 0.1) is 5.82 Å². The van der Waals surface area contributed by atoms with Gasteiger partial charge in [-0.1, -0.05) is 24.3 Å². The number of carbonyl (C=O) groups is 2. The number of nitrogens with zero attached hydrogens (tertiary/aromatic N) is 1. The molecular weight excluding hydrogens is 477 g/mol. The smallest absolute Gasteiger partial charge is 0.257 e.